The van der Waals surface area contributed by atoms with Gasteiger partial charge in [-0.1, -0.05) is 0 Å². The normalized spacial score (nSPS) is 19.1. The van der Waals surface area contributed by atoms with E-state index >= 15 is 0 Å². The second-order valence-corrected chi connectivity index (χ2v) is 5.19. The predicted octanol–water partition coefficient (Wildman–Crippen LogP) is 0.892. The Labute approximate surface area is 112 Å². The molecule has 0 spiro atoms. The van der Waals surface area contributed by atoms with Crippen molar-refractivity contribution >= 4 is 17.5 Å². The van der Waals surface area contributed by atoms with E-state index in [1.165, 1.54) is 12.3 Å². The number of rotatable bonds is 4. The van der Waals surface area contributed by atoms with E-state index in [1.807, 2.05) is 14.1 Å². The number of carbonyl (C=O) groups is 1. The van der Waals surface area contributed by atoms with Gasteiger partial charge in [0.1, 0.15) is 0 Å². The first-order valence-corrected chi connectivity index (χ1v) is 6.39. The lowest BCUT2D eigenvalue weighted by Crippen LogP contribution is -2.38. The van der Waals surface area contributed by atoms with Crippen LogP contribution in [0.25, 0.3) is 0 Å². The maximum atomic E-state index is 10.9. The predicted molar refractivity (Wildman–Crippen MR) is 74.5 cm³/mol. The monoisotopic (exact) mass is 264 g/mol. The zero-order valence-corrected chi connectivity index (χ0v) is 11.3. The Morgan fingerprint density at radius 3 is 2.95 bits per heavy atom. The molecule has 3 N–H and O–H groups in total. The molecule has 104 valence electrons. The second kappa shape index (κ2) is 5.44. The van der Waals surface area contributed by atoms with Crippen LogP contribution < -0.4 is 10.6 Å². The van der Waals surface area contributed by atoms with Crippen molar-refractivity contribution in [2.75, 3.05) is 37.8 Å². The standard InChI is InChI=1S/C13H20N4O2/c1-16(2)8-10-4-3-5-17(10)12-11(14)6-9(7-15-12)13(18)19/h6-7,10H,3-5,8,14H2,1-2H3,(H,18,19). The molecule has 0 amide bonds. The highest BCUT2D eigenvalue weighted by molar-refractivity contribution is 5.89. The number of nitrogens with two attached hydrogens (primary N) is 1. The number of hydrogen-bond donors (Lipinski definition) is 2. The van der Waals surface area contributed by atoms with E-state index in [9.17, 15) is 4.79 Å². The number of pyridine rings is 1. The summed E-state index contributed by atoms with van der Waals surface area (Å²) in [5.41, 5.74) is 6.52. The lowest BCUT2D eigenvalue weighted by Gasteiger charge is -2.28. The fourth-order valence-electron chi connectivity index (χ4n) is 2.56. The Balaban J connectivity index is 2.23. The Morgan fingerprint density at radius 2 is 2.37 bits per heavy atom. The molecule has 2 rings (SSSR count). The minimum absolute atomic E-state index is 0.129. The summed E-state index contributed by atoms with van der Waals surface area (Å²) in [5, 5.41) is 8.92. The second-order valence-electron chi connectivity index (χ2n) is 5.19. The van der Waals surface area contributed by atoms with E-state index < -0.39 is 5.97 Å². The van der Waals surface area contributed by atoms with Gasteiger partial charge < -0.3 is 20.6 Å². The number of nitrogen functional groups attached to an aromatic ring is 1. The minimum atomic E-state index is -1.00. The highest BCUT2D eigenvalue weighted by atomic mass is 16.4. The van der Waals surface area contributed by atoms with Crippen molar-refractivity contribution in [1.29, 1.82) is 0 Å². The molecular weight excluding hydrogens is 244 g/mol. The van der Waals surface area contributed by atoms with Crippen molar-refractivity contribution in [3.05, 3.63) is 17.8 Å². The third kappa shape index (κ3) is 2.96. The number of aromatic carboxylic acids is 1. The van der Waals surface area contributed by atoms with Gasteiger partial charge in [-0.15, -0.1) is 0 Å². The van der Waals surface area contributed by atoms with Crippen LogP contribution in [0.3, 0.4) is 0 Å². The number of hydrogen-bond acceptors (Lipinski definition) is 5. The van der Waals surface area contributed by atoms with E-state index in [0.29, 0.717) is 17.5 Å². The summed E-state index contributed by atoms with van der Waals surface area (Å²) in [4.78, 5) is 19.4. The molecule has 1 aromatic heterocycles. The topological polar surface area (TPSA) is 82.7 Å². The molecule has 0 radical (unpaired) electrons. The van der Waals surface area contributed by atoms with Gasteiger partial charge in [-0.2, -0.15) is 0 Å². The van der Waals surface area contributed by atoms with Gasteiger partial charge in [0, 0.05) is 25.3 Å². The first kappa shape index (κ1) is 13.6. The van der Waals surface area contributed by atoms with E-state index in [2.05, 4.69) is 14.8 Å². The SMILES string of the molecule is CN(C)CC1CCCN1c1ncc(C(=O)O)cc1N. The summed E-state index contributed by atoms with van der Waals surface area (Å²) in [5.74, 6) is -0.300. The fourth-order valence-corrected chi connectivity index (χ4v) is 2.56. The molecule has 0 bridgehead atoms. The molecule has 6 nitrogen and oxygen atoms in total. The lowest BCUT2D eigenvalue weighted by atomic mass is 10.2. The van der Waals surface area contributed by atoms with Gasteiger partial charge in [-0.25, -0.2) is 9.78 Å². The zero-order chi connectivity index (χ0) is 14.0. The number of anilines is 2. The molecule has 6 heteroatoms. The zero-order valence-electron chi connectivity index (χ0n) is 11.3. The van der Waals surface area contributed by atoms with Gasteiger partial charge in [0.25, 0.3) is 0 Å². The van der Waals surface area contributed by atoms with Crippen LogP contribution in [-0.4, -0.2) is 54.2 Å². The van der Waals surface area contributed by atoms with Gasteiger partial charge in [0.15, 0.2) is 5.82 Å². The van der Waals surface area contributed by atoms with Crippen LogP contribution in [0.2, 0.25) is 0 Å². The largest absolute Gasteiger partial charge is 0.478 e. The molecule has 0 aromatic carbocycles. The van der Waals surface area contributed by atoms with Crippen LogP contribution in [-0.2, 0) is 0 Å². The van der Waals surface area contributed by atoms with Crippen LogP contribution in [0, 0.1) is 0 Å². The molecule has 1 atom stereocenters. The molecule has 0 saturated carbocycles. The Hall–Kier alpha value is -1.82. The fraction of sp³-hybridized carbons (Fsp3) is 0.538. The minimum Gasteiger partial charge on any atom is -0.478 e. The molecule has 1 unspecified atom stereocenters. The first-order valence-electron chi connectivity index (χ1n) is 6.39. The van der Waals surface area contributed by atoms with Gasteiger partial charge in [-0.3, -0.25) is 0 Å². The third-order valence-electron chi connectivity index (χ3n) is 3.37. The number of carboxylic acids is 1. The average molecular weight is 264 g/mol. The average Bonchev–Trinajstić information content (AvgIpc) is 2.75. The summed E-state index contributed by atoms with van der Waals surface area (Å²) in [7, 11) is 4.08. The van der Waals surface area contributed by atoms with Crippen LogP contribution in [0.1, 0.15) is 23.2 Å². The van der Waals surface area contributed by atoms with Crippen molar-refractivity contribution in [3.63, 3.8) is 0 Å². The molecule has 1 saturated heterocycles. The molecule has 1 fully saturated rings. The first-order chi connectivity index (χ1) is 8.99. The van der Waals surface area contributed by atoms with Crippen molar-refractivity contribution in [2.45, 2.75) is 18.9 Å². The molecule has 0 aliphatic carbocycles. The molecule has 2 heterocycles. The number of carboxylic acid groups (broad SMARTS) is 1. The van der Waals surface area contributed by atoms with Crippen LogP contribution >= 0.6 is 0 Å². The summed E-state index contributed by atoms with van der Waals surface area (Å²) in [6.45, 7) is 1.87. The quantitative estimate of drug-likeness (QED) is 0.840. The molecule has 1 aliphatic rings. The number of aromatic nitrogens is 1. The molecule has 19 heavy (non-hydrogen) atoms. The molecule has 1 aliphatic heterocycles. The molecular formula is C13H20N4O2. The summed E-state index contributed by atoms with van der Waals surface area (Å²) in [6, 6.07) is 1.87. The van der Waals surface area contributed by atoms with E-state index in [4.69, 9.17) is 10.8 Å². The van der Waals surface area contributed by atoms with E-state index in [0.717, 1.165) is 25.9 Å². The Morgan fingerprint density at radius 1 is 1.63 bits per heavy atom. The smallest absolute Gasteiger partial charge is 0.337 e. The maximum absolute atomic E-state index is 10.9. The van der Waals surface area contributed by atoms with Gasteiger partial charge in [0.2, 0.25) is 0 Å². The van der Waals surface area contributed by atoms with Gasteiger partial charge in [0.05, 0.1) is 11.3 Å². The third-order valence-corrected chi connectivity index (χ3v) is 3.37. The number of likely N-dealkylation sites (N-methyl/N-ethyl adjacent to an activating group) is 1. The Bertz CT molecular complexity index is 476. The Kier molecular flexibility index (Phi) is 3.90. The van der Waals surface area contributed by atoms with Crippen molar-refractivity contribution < 1.29 is 9.90 Å². The highest BCUT2D eigenvalue weighted by Gasteiger charge is 2.27. The molecule has 1 aromatic rings. The van der Waals surface area contributed by atoms with Gasteiger partial charge in [-0.05, 0) is 33.0 Å². The van der Waals surface area contributed by atoms with Crippen molar-refractivity contribution in [2.24, 2.45) is 0 Å². The number of nitrogens with zero attached hydrogens (tertiary/aromatic N) is 3. The summed E-state index contributed by atoms with van der Waals surface area (Å²) < 4.78 is 0. The van der Waals surface area contributed by atoms with Gasteiger partial charge >= 0.3 is 5.97 Å². The van der Waals surface area contributed by atoms with E-state index in [1.54, 1.807) is 0 Å². The van der Waals surface area contributed by atoms with Crippen molar-refractivity contribution in [3.8, 4) is 0 Å². The summed E-state index contributed by atoms with van der Waals surface area (Å²) >= 11 is 0. The van der Waals surface area contributed by atoms with Crippen LogP contribution in [0.15, 0.2) is 12.3 Å². The van der Waals surface area contributed by atoms with E-state index in [-0.39, 0.29) is 5.56 Å². The van der Waals surface area contributed by atoms with Crippen LogP contribution in [0.5, 0.6) is 0 Å². The summed E-state index contributed by atoms with van der Waals surface area (Å²) in [6.07, 6.45) is 3.60. The lowest BCUT2D eigenvalue weighted by molar-refractivity contribution is 0.0696. The highest BCUT2D eigenvalue weighted by Crippen LogP contribution is 2.29. The van der Waals surface area contributed by atoms with Crippen LogP contribution in [0.4, 0.5) is 11.5 Å². The van der Waals surface area contributed by atoms with Crippen molar-refractivity contribution in [1.82, 2.24) is 9.88 Å². The maximum Gasteiger partial charge on any atom is 0.337 e.